The van der Waals surface area contributed by atoms with Crippen LogP contribution >= 0.6 is 0 Å². The molecule has 1 fully saturated rings. The average Bonchev–Trinajstić information content (AvgIpc) is 2.43. The zero-order chi connectivity index (χ0) is 14.8. The van der Waals surface area contributed by atoms with E-state index < -0.39 is 5.41 Å². The van der Waals surface area contributed by atoms with E-state index in [-0.39, 0.29) is 11.7 Å². The molecule has 2 N–H and O–H groups in total. The maximum atomic E-state index is 13.3. The van der Waals surface area contributed by atoms with Gasteiger partial charge in [-0.2, -0.15) is 0 Å². The first-order valence-corrected chi connectivity index (χ1v) is 7.19. The van der Waals surface area contributed by atoms with Crippen LogP contribution in [-0.4, -0.2) is 19.0 Å². The Kier molecular flexibility index (Phi) is 4.43. The summed E-state index contributed by atoms with van der Waals surface area (Å²) in [5.41, 5.74) is 0.968. The number of carbonyl (C=O) groups excluding carboxylic acids is 1. The smallest absolute Gasteiger partial charge is 0.230 e. The van der Waals surface area contributed by atoms with Crippen molar-refractivity contribution in [2.75, 3.05) is 18.4 Å². The Morgan fingerprint density at radius 2 is 2.20 bits per heavy atom. The van der Waals surface area contributed by atoms with Gasteiger partial charge in [0.05, 0.1) is 0 Å². The molecule has 1 saturated heterocycles. The Morgan fingerprint density at radius 3 is 2.85 bits per heavy atom. The fourth-order valence-corrected chi connectivity index (χ4v) is 2.67. The highest BCUT2D eigenvalue weighted by atomic mass is 19.1. The van der Waals surface area contributed by atoms with Crippen LogP contribution in [0, 0.1) is 24.1 Å². The van der Waals surface area contributed by atoms with Crippen molar-refractivity contribution in [1.82, 2.24) is 5.32 Å². The highest BCUT2D eigenvalue weighted by Gasteiger charge is 2.37. The van der Waals surface area contributed by atoms with Gasteiger partial charge in [0.25, 0.3) is 0 Å². The van der Waals surface area contributed by atoms with Crippen LogP contribution in [0.25, 0.3) is 0 Å². The lowest BCUT2D eigenvalue weighted by atomic mass is 9.74. The third-order valence-electron chi connectivity index (χ3n) is 4.35. The average molecular weight is 278 g/mol. The number of benzene rings is 1. The molecule has 110 valence electrons. The summed E-state index contributed by atoms with van der Waals surface area (Å²) in [4.78, 5) is 12.5. The van der Waals surface area contributed by atoms with E-state index in [0.717, 1.165) is 31.5 Å². The minimum Gasteiger partial charge on any atom is -0.325 e. The van der Waals surface area contributed by atoms with Crippen LogP contribution in [0.2, 0.25) is 0 Å². The maximum absolute atomic E-state index is 13.3. The molecule has 1 aromatic carbocycles. The molecule has 1 aromatic rings. The van der Waals surface area contributed by atoms with Crippen molar-refractivity contribution >= 4 is 11.6 Å². The Hall–Kier alpha value is -1.42. The fraction of sp³-hybridized carbons (Fsp3) is 0.562. The molecule has 0 radical (unpaired) electrons. The number of halogens is 1. The molecule has 1 atom stereocenters. The molecular weight excluding hydrogens is 255 g/mol. The van der Waals surface area contributed by atoms with Crippen molar-refractivity contribution in [3.05, 3.63) is 29.6 Å². The summed E-state index contributed by atoms with van der Waals surface area (Å²) in [6.07, 6.45) is 2.15. The van der Waals surface area contributed by atoms with E-state index in [9.17, 15) is 9.18 Å². The molecule has 1 aliphatic heterocycles. The zero-order valence-electron chi connectivity index (χ0n) is 12.4. The number of aryl methyl sites for hydroxylation is 1. The Balaban J connectivity index is 2.11. The van der Waals surface area contributed by atoms with Crippen molar-refractivity contribution in [1.29, 1.82) is 0 Å². The topological polar surface area (TPSA) is 41.1 Å². The van der Waals surface area contributed by atoms with Crippen molar-refractivity contribution < 1.29 is 9.18 Å². The SMILES string of the molecule is Cc1ccc(F)cc1NC(=O)C(C)(C)C1CCCNC1. The van der Waals surface area contributed by atoms with Gasteiger partial charge in [0.2, 0.25) is 5.91 Å². The molecule has 0 aliphatic carbocycles. The molecule has 0 bridgehead atoms. The molecule has 1 unspecified atom stereocenters. The second-order valence-electron chi connectivity index (χ2n) is 6.18. The largest absolute Gasteiger partial charge is 0.325 e. The first kappa shape index (κ1) is 15.0. The van der Waals surface area contributed by atoms with Crippen LogP contribution < -0.4 is 10.6 Å². The van der Waals surface area contributed by atoms with E-state index in [0.29, 0.717) is 11.6 Å². The second-order valence-corrected chi connectivity index (χ2v) is 6.18. The van der Waals surface area contributed by atoms with Gasteiger partial charge >= 0.3 is 0 Å². The number of nitrogens with one attached hydrogen (secondary N) is 2. The number of piperidine rings is 1. The number of hydrogen-bond acceptors (Lipinski definition) is 2. The first-order chi connectivity index (χ1) is 9.41. The highest BCUT2D eigenvalue weighted by molar-refractivity contribution is 5.95. The molecule has 3 nitrogen and oxygen atoms in total. The van der Waals surface area contributed by atoms with Crippen LogP contribution in [0.3, 0.4) is 0 Å². The predicted octanol–water partition coefficient (Wildman–Crippen LogP) is 3.10. The monoisotopic (exact) mass is 278 g/mol. The molecule has 0 aromatic heterocycles. The van der Waals surface area contributed by atoms with Gasteiger partial charge in [0.1, 0.15) is 5.82 Å². The van der Waals surface area contributed by atoms with Crippen molar-refractivity contribution in [3.8, 4) is 0 Å². The van der Waals surface area contributed by atoms with Crippen LogP contribution in [0.4, 0.5) is 10.1 Å². The number of carbonyl (C=O) groups is 1. The molecule has 0 spiro atoms. The van der Waals surface area contributed by atoms with E-state index in [1.165, 1.54) is 12.1 Å². The third-order valence-corrected chi connectivity index (χ3v) is 4.35. The standard InChI is InChI=1S/C16H23FN2O/c1-11-6-7-13(17)9-14(11)19-15(20)16(2,3)12-5-4-8-18-10-12/h6-7,9,12,18H,4-5,8,10H2,1-3H3,(H,19,20). The van der Waals surface area contributed by atoms with E-state index in [4.69, 9.17) is 0 Å². The van der Waals surface area contributed by atoms with Gasteiger partial charge in [-0.1, -0.05) is 19.9 Å². The van der Waals surface area contributed by atoms with Gasteiger partial charge in [0, 0.05) is 11.1 Å². The molecule has 1 heterocycles. The predicted molar refractivity (Wildman–Crippen MR) is 79.1 cm³/mol. The van der Waals surface area contributed by atoms with Gasteiger partial charge in [-0.15, -0.1) is 0 Å². The fourth-order valence-electron chi connectivity index (χ4n) is 2.67. The van der Waals surface area contributed by atoms with E-state index in [1.807, 2.05) is 20.8 Å². The number of anilines is 1. The van der Waals surface area contributed by atoms with Gasteiger partial charge in [-0.05, 0) is 56.5 Å². The quantitative estimate of drug-likeness (QED) is 0.892. The number of hydrogen-bond donors (Lipinski definition) is 2. The van der Waals surface area contributed by atoms with Crippen LogP contribution in [0.1, 0.15) is 32.3 Å². The van der Waals surface area contributed by atoms with E-state index >= 15 is 0 Å². The second kappa shape index (κ2) is 5.92. The minimum atomic E-state index is -0.466. The van der Waals surface area contributed by atoms with E-state index in [2.05, 4.69) is 10.6 Å². The summed E-state index contributed by atoms with van der Waals surface area (Å²) in [5.74, 6) is -0.0620. The normalized spacial score (nSPS) is 19.7. The van der Waals surface area contributed by atoms with Gasteiger partial charge in [-0.25, -0.2) is 4.39 Å². The first-order valence-electron chi connectivity index (χ1n) is 7.19. The third kappa shape index (κ3) is 3.18. The van der Waals surface area contributed by atoms with Gasteiger partial charge < -0.3 is 10.6 Å². The van der Waals surface area contributed by atoms with Crippen LogP contribution in [-0.2, 0) is 4.79 Å². The van der Waals surface area contributed by atoms with Crippen molar-refractivity contribution in [2.45, 2.75) is 33.6 Å². The van der Waals surface area contributed by atoms with Crippen molar-refractivity contribution in [3.63, 3.8) is 0 Å². The minimum absolute atomic E-state index is 0.0418. The summed E-state index contributed by atoms with van der Waals surface area (Å²) in [6, 6.07) is 4.46. The maximum Gasteiger partial charge on any atom is 0.230 e. The molecule has 1 amide bonds. The summed E-state index contributed by atoms with van der Waals surface area (Å²) in [5, 5.41) is 6.22. The molecule has 0 saturated carbocycles. The Labute approximate surface area is 120 Å². The van der Waals surface area contributed by atoms with Gasteiger partial charge in [-0.3, -0.25) is 4.79 Å². The zero-order valence-corrected chi connectivity index (χ0v) is 12.4. The molecule has 1 aliphatic rings. The summed E-state index contributed by atoms with van der Waals surface area (Å²) in [7, 11) is 0. The summed E-state index contributed by atoms with van der Waals surface area (Å²) < 4.78 is 13.3. The summed E-state index contributed by atoms with van der Waals surface area (Å²) in [6.45, 7) is 7.69. The van der Waals surface area contributed by atoms with Crippen molar-refractivity contribution in [2.24, 2.45) is 11.3 Å². The Bertz CT molecular complexity index is 493. The Morgan fingerprint density at radius 1 is 1.45 bits per heavy atom. The highest BCUT2D eigenvalue weighted by Crippen LogP contribution is 2.33. The lowest BCUT2D eigenvalue weighted by Gasteiger charge is -2.36. The molecule has 2 rings (SSSR count). The number of amides is 1. The lowest BCUT2D eigenvalue weighted by Crippen LogP contribution is -2.44. The molecular formula is C16H23FN2O. The lowest BCUT2D eigenvalue weighted by molar-refractivity contribution is -0.127. The van der Waals surface area contributed by atoms with Crippen LogP contribution in [0.5, 0.6) is 0 Å². The van der Waals surface area contributed by atoms with E-state index in [1.54, 1.807) is 6.07 Å². The van der Waals surface area contributed by atoms with Gasteiger partial charge in [0.15, 0.2) is 0 Å². The molecule has 4 heteroatoms. The molecule has 20 heavy (non-hydrogen) atoms. The number of rotatable bonds is 3. The summed E-state index contributed by atoms with van der Waals surface area (Å²) >= 11 is 0. The van der Waals surface area contributed by atoms with Crippen LogP contribution in [0.15, 0.2) is 18.2 Å².